The van der Waals surface area contributed by atoms with Crippen LogP contribution in [0.1, 0.15) is 22.3 Å². The summed E-state index contributed by atoms with van der Waals surface area (Å²) < 4.78 is 31.6. The minimum atomic E-state index is -0.771. The largest absolute Gasteiger partial charge is 0.454 e. The molecule has 2 nitrogen and oxygen atoms in total. The van der Waals surface area contributed by atoms with Crippen molar-refractivity contribution in [3.8, 4) is 11.5 Å². The van der Waals surface area contributed by atoms with Crippen LogP contribution in [0.3, 0.4) is 0 Å². The molecule has 2 aromatic rings. The van der Waals surface area contributed by atoms with Gasteiger partial charge in [-0.05, 0) is 36.2 Å². The molecule has 0 saturated carbocycles. The summed E-state index contributed by atoms with van der Waals surface area (Å²) in [5, 5.41) is 0. The summed E-state index contributed by atoms with van der Waals surface area (Å²) in [7, 11) is 0. The molecule has 0 unspecified atom stereocenters. The number of fused-ring (bicyclic) bond motifs is 1. The number of ketones is 1. The van der Waals surface area contributed by atoms with E-state index in [9.17, 15) is 13.6 Å². The van der Waals surface area contributed by atoms with Crippen LogP contribution in [0, 0.1) is 11.6 Å². The van der Waals surface area contributed by atoms with Gasteiger partial charge in [-0.3, -0.25) is 4.79 Å². The number of benzene rings is 2. The molecular weight excluding hydrogens is 250 g/mol. The molecule has 0 amide bonds. The number of Topliss-reactive ketones (excluding diaryl/α,β-unsaturated/α-hetero) is 1. The van der Waals surface area contributed by atoms with Gasteiger partial charge < -0.3 is 4.74 Å². The number of ether oxygens (including phenoxy) is 1. The van der Waals surface area contributed by atoms with Crippen LogP contribution in [0.15, 0.2) is 36.4 Å². The Morgan fingerprint density at radius 1 is 1.00 bits per heavy atom. The maximum atomic E-state index is 13.5. The molecule has 0 heterocycles. The lowest BCUT2D eigenvalue weighted by molar-refractivity contribution is 0.0994. The number of carbonyl (C=O) groups is 1. The second-order valence-corrected chi connectivity index (χ2v) is 4.42. The Morgan fingerprint density at radius 3 is 2.63 bits per heavy atom. The molecule has 0 atom stereocenters. The van der Waals surface area contributed by atoms with Crippen LogP contribution in [0.5, 0.6) is 11.5 Å². The Kier molecular flexibility index (Phi) is 2.78. The van der Waals surface area contributed by atoms with E-state index in [0.29, 0.717) is 17.7 Å². The molecule has 19 heavy (non-hydrogen) atoms. The highest BCUT2D eigenvalue weighted by Crippen LogP contribution is 2.30. The second kappa shape index (κ2) is 4.46. The molecule has 0 spiro atoms. The molecule has 3 rings (SSSR count). The van der Waals surface area contributed by atoms with E-state index in [1.807, 2.05) is 0 Å². The average molecular weight is 260 g/mol. The van der Waals surface area contributed by atoms with Gasteiger partial charge in [0.15, 0.2) is 17.3 Å². The predicted molar refractivity (Wildman–Crippen MR) is 65.5 cm³/mol. The summed E-state index contributed by atoms with van der Waals surface area (Å²) in [6.07, 6.45) is 1.24. The number of halogens is 2. The van der Waals surface area contributed by atoms with Crippen molar-refractivity contribution < 1.29 is 18.3 Å². The highest BCUT2D eigenvalue weighted by molar-refractivity contribution is 6.00. The van der Waals surface area contributed by atoms with Crippen molar-refractivity contribution in [3.05, 3.63) is 59.2 Å². The Bertz CT molecular complexity index is 665. The van der Waals surface area contributed by atoms with Crippen molar-refractivity contribution in [2.24, 2.45) is 0 Å². The van der Waals surface area contributed by atoms with Crippen molar-refractivity contribution in [1.82, 2.24) is 0 Å². The van der Waals surface area contributed by atoms with Crippen LogP contribution in [-0.2, 0) is 6.42 Å². The number of hydrogen-bond donors (Lipinski definition) is 0. The molecule has 0 bridgehead atoms. The Morgan fingerprint density at radius 2 is 1.84 bits per heavy atom. The highest BCUT2D eigenvalue weighted by Gasteiger charge is 2.20. The van der Waals surface area contributed by atoms with E-state index in [1.165, 1.54) is 6.07 Å². The SMILES string of the molecule is O=C1CCc2ccc(Oc3ccc(F)cc3F)cc21. The molecule has 0 N–H and O–H groups in total. The monoisotopic (exact) mass is 260 g/mol. The molecule has 0 saturated heterocycles. The topological polar surface area (TPSA) is 26.3 Å². The molecule has 0 aliphatic heterocycles. The van der Waals surface area contributed by atoms with Crippen LogP contribution in [0.25, 0.3) is 0 Å². The third kappa shape index (κ3) is 2.21. The minimum Gasteiger partial charge on any atom is -0.454 e. The second-order valence-electron chi connectivity index (χ2n) is 4.42. The van der Waals surface area contributed by atoms with Gasteiger partial charge in [0.05, 0.1) is 0 Å². The van der Waals surface area contributed by atoms with Crippen molar-refractivity contribution in [3.63, 3.8) is 0 Å². The lowest BCUT2D eigenvalue weighted by Crippen LogP contribution is -1.94. The van der Waals surface area contributed by atoms with Crippen LogP contribution < -0.4 is 4.74 Å². The maximum Gasteiger partial charge on any atom is 0.168 e. The first-order valence-corrected chi connectivity index (χ1v) is 5.92. The molecule has 0 radical (unpaired) electrons. The van der Waals surface area contributed by atoms with Gasteiger partial charge in [0.2, 0.25) is 0 Å². The van der Waals surface area contributed by atoms with Gasteiger partial charge in [0.1, 0.15) is 11.6 Å². The molecule has 0 fully saturated rings. The van der Waals surface area contributed by atoms with Gasteiger partial charge in [-0.2, -0.15) is 0 Å². The Labute approximate surface area is 108 Å². The number of aryl methyl sites for hydroxylation is 1. The quantitative estimate of drug-likeness (QED) is 0.818. The molecular formula is C15H10F2O2. The number of hydrogen-bond acceptors (Lipinski definition) is 2. The van der Waals surface area contributed by atoms with Crippen molar-refractivity contribution in [2.45, 2.75) is 12.8 Å². The molecule has 1 aliphatic carbocycles. The lowest BCUT2D eigenvalue weighted by Gasteiger charge is -2.08. The summed E-state index contributed by atoms with van der Waals surface area (Å²) in [5.41, 5.74) is 1.61. The van der Waals surface area contributed by atoms with Gasteiger partial charge in [-0.15, -0.1) is 0 Å². The van der Waals surface area contributed by atoms with Crippen molar-refractivity contribution in [2.75, 3.05) is 0 Å². The van der Waals surface area contributed by atoms with E-state index in [2.05, 4.69) is 0 Å². The summed E-state index contributed by atoms with van der Waals surface area (Å²) in [5.74, 6) is -1.05. The zero-order valence-corrected chi connectivity index (χ0v) is 9.95. The fourth-order valence-corrected chi connectivity index (χ4v) is 2.16. The summed E-state index contributed by atoms with van der Waals surface area (Å²) in [6.45, 7) is 0. The lowest BCUT2D eigenvalue weighted by atomic mass is 10.1. The van der Waals surface area contributed by atoms with E-state index in [-0.39, 0.29) is 11.5 Å². The first kappa shape index (κ1) is 11.8. The molecule has 1 aliphatic rings. The van der Waals surface area contributed by atoms with Crippen LogP contribution in [0.2, 0.25) is 0 Å². The van der Waals surface area contributed by atoms with Gasteiger partial charge in [-0.1, -0.05) is 6.07 Å². The van der Waals surface area contributed by atoms with E-state index >= 15 is 0 Å². The zero-order valence-electron chi connectivity index (χ0n) is 9.95. The van der Waals surface area contributed by atoms with E-state index in [4.69, 9.17) is 4.74 Å². The maximum absolute atomic E-state index is 13.5. The van der Waals surface area contributed by atoms with Gasteiger partial charge in [-0.25, -0.2) is 8.78 Å². The molecule has 0 aromatic heterocycles. The molecule has 4 heteroatoms. The van der Waals surface area contributed by atoms with E-state index in [0.717, 1.165) is 24.1 Å². The van der Waals surface area contributed by atoms with Gasteiger partial charge in [0, 0.05) is 18.1 Å². The van der Waals surface area contributed by atoms with Crippen LogP contribution in [0.4, 0.5) is 8.78 Å². The van der Waals surface area contributed by atoms with Crippen molar-refractivity contribution in [1.29, 1.82) is 0 Å². The summed E-state index contributed by atoms with van der Waals surface area (Å²) in [4.78, 5) is 11.6. The number of rotatable bonds is 2. The van der Waals surface area contributed by atoms with Gasteiger partial charge >= 0.3 is 0 Å². The molecule has 96 valence electrons. The third-order valence-electron chi connectivity index (χ3n) is 3.12. The smallest absolute Gasteiger partial charge is 0.168 e. The third-order valence-corrected chi connectivity index (χ3v) is 3.12. The van der Waals surface area contributed by atoms with Crippen molar-refractivity contribution >= 4 is 5.78 Å². The normalized spacial score (nSPS) is 13.5. The molecule has 2 aromatic carbocycles. The zero-order chi connectivity index (χ0) is 13.4. The first-order valence-electron chi connectivity index (χ1n) is 5.92. The predicted octanol–water partition coefficient (Wildman–Crippen LogP) is 3.89. The Hall–Kier alpha value is -2.23. The summed E-state index contributed by atoms with van der Waals surface area (Å²) >= 11 is 0. The minimum absolute atomic E-state index is 0.0632. The van der Waals surface area contributed by atoms with E-state index in [1.54, 1.807) is 18.2 Å². The fourth-order valence-electron chi connectivity index (χ4n) is 2.16. The fraction of sp³-hybridized carbons (Fsp3) is 0.133. The number of carbonyl (C=O) groups excluding carboxylic acids is 1. The highest BCUT2D eigenvalue weighted by atomic mass is 19.1. The van der Waals surface area contributed by atoms with Crippen LogP contribution >= 0.6 is 0 Å². The average Bonchev–Trinajstić information content (AvgIpc) is 2.75. The van der Waals surface area contributed by atoms with Crippen LogP contribution in [-0.4, -0.2) is 5.78 Å². The van der Waals surface area contributed by atoms with Gasteiger partial charge in [0.25, 0.3) is 0 Å². The Balaban J connectivity index is 1.92. The summed E-state index contributed by atoms with van der Waals surface area (Å²) in [6, 6.07) is 8.19. The standard InChI is InChI=1S/C15H10F2O2/c16-10-3-6-15(13(17)7-10)19-11-4-1-9-2-5-14(18)12(9)8-11/h1,3-4,6-8H,2,5H2. The van der Waals surface area contributed by atoms with E-state index < -0.39 is 11.6 Å². The first-order chi connectivity index (χ1) is 9.13.